The fourth-order valence-electron chi connectivity index (χ4n) is 1.81. The third-order valence-corrected chi connectivity index (χ3v) is 3.98. The van der Waals surface area contributed by atoms with Crippen LogP contribution in [0.1, 0.15) is 21.7 Å². The smallest absolute Gasteiger partial charge is 0.328 e. The molecule has 21 heavy (non-hydrogen) atoms. The number of carbonyl (C=O) groups is 1. The molecule has 0 amide bonds. The fraction of sp³-hybridized carbons (Fsp3) is 0.250. The minimum Gasteiger partial charge on any atom is -0.478 e. The van der Waals surface area contributed by atoms with Crippen molar-refractivity contribution < 1.29 is 14.6 Å². The number of hydrogen-bond acceptors (Lipinski definition) is 4. The molecule has 0 radical (unpaired) electrons. The summed E-state index contributed by atoms with van der Waals surface area (Å²) in [4.78, 5) is 15.9. The maximum absolute atomic E-state index is 10.4. The predicted molar refractivity (Wildman–Crippen MR) is 83.3 cm³/mol. The van der Waals surface area contributed by atoms with Gasteiger partial charge in [-0.25, -0.2) is 9.78 Å². The number of aromatic nitrogens is 1. The van der Waals surface area contributed by atoms with Gasteiger partial charge in [-0.05, 0) is 24.1 Å². The molecule has 1 aromatic heterocycles. The van der Waals surface area contributed by atoms with Crippen LogP contribution in [0, 0.1) is 6.92 Å². The Morgan fingerprint density at radius 2 is 2.14 bits per heavy atom. The minimum absolute atomic E-state index is 0.556. The average Bonchev–Trinajstić information content (AvgIpc) is 2.88. The van der Waals surface area contributed by atoms with Crippen molar-refractivity contribution in [3.05, 3.63) is 57.6 Å². The van der Waals surface area contributed by atoms with E-state index in [2.05, 4.69) is 4.98 Å². The highest BCUT2D eigenvalue weighted by molar-refractivity contribution is 7.09. The summed E-state index contributed by atoms with van der Waals surface area (Å²) in [7, 11) is 0. The first-order chi connectivity index (χ1) is 10.1. The van der Waals surface area contributed by atoms with E-state index in [1.807, 2.05) is 36.7 Å². The van der Waals surface area contributed by atoms with Crippen molar-refractivity contribution in [2.24, 2.45) is 0 Å². The second-order valence-electron chi connectivity index (χ2n) is 4.58. The number of hydrogen-bond donors (Lipinski definition) is 1. The van der Waals surface area contributed by atoms with E-state index in [9.17, 15) is 4.79 Å². The molecule has 2 rings (SSSR count). The standard InChI is InChI=1S/C16H17NO3S/c1-12-15(21-11-17-12)8-9-20-10-14-4-2-13(3-5-14)6-7-16(18)19/h2-7,11H,8-10H2,1H3,(H,18,19). The second-order valence-corrected chi connectivity index (χ2v) is 5.52. The third-order valence-electron chi connectivity index (χ3n) is 2.99. The molecule has 0 aliphatic heterocycles. The molecule has 1 heterocycles. The Kier molecular flexibility index (Phi) is 5.66. The molecule has 0 bridgehead atoms. The molecule has 0 fully saturated rings. The van der Waals surface area contributed by atoms with Gasteiger partial charge in [-0.2, -0.15) is 0 Å². The molecule has 0 saturated carbocycles. The molecule has 0 saturated heterocycles. The Morgan fingerprint density at radius 1 is 1.38 bits per heavy atom. The third kappa shape index (κ3) is 5.13. The number of thiazole rings is 1. The van der Waals surface area contributed by atoms with Crippen LogP contribution in [-0.4, -0.2) is 22.7 Å². The van der Waals surface area contributed by atoms with Gasteiger partial charge in [0.05, 0.1) is 24.4 Å². The molecule has 110 valence electrons. The van der Waals surface area contributed by atoms with Gasteiger partial charge >= 0.3 is 5.97 Å². The summed E-state index contributed by atoms with van der Waals surface area (Å²) in [6.45, 7) is 3.24. The van der Waals surface area contributed by atoms with Crippen LogP contribution >= 0.6 is 11.3 Å². The van der Waals surface area contributed by atoms with Crippen molar-refractivity contribution in [1.82, 2.24) is 4.98 Å². The zero-order valence-corrected chi connectivity index (χ0v) is 12.6. The van der Waals surface area contributed by atoms with E-state index in [0.29, 0.717) is 13.2 Å². The van der Waals surface area contributed by atoms with Gasteiger partial charge < -0.3 is 9.84 Å². The van der Waals surface area contributed by atoms with Crippen LogP contribution in [0.4, 0.5) is 0 Å². The molecule has 0 spiro atoms. The number of carboxylic acid groups (broad SMARTS) is 1. The highest BCUT2D eigenvalue weighted by atomic mass is 32.1. The summed E-state index contributed by atoms with van der Waals surface area (Å²) in [5.41, 5.74) is 4.87. The number of rotatable bonds is 7. The van der Waals surface area contributed by atoms with Crippen LogP contribution in [-0.2, 0) is 22.6 Å². The molecule has 4 nitrogen and oxygen atoms in total. The van der Waals surface area contributed by atoms with Gasteiger partial charge in [-0.1, -0.05) is 24.3 Å². The van der Waals surface area contributed by atoms with E-state index in [1.54, 1.807) is 17.4 Å². The van der Waals surface area contributed by atoms with Crippen LogP contribution in [0.5, 0.6) is 0 Å². The lowest BCUT2D eigenvalue weighted by Crippen LogP contribution is -1.99. The van der Waals surface area contributed by atoms with Crippen LogP contribution in [0.15, 0.2) is 35.9 Å². The van der Waals surface area contributed by atoms with Crippen molar-refractivity contribution in [2.75, 3.05) is 6.61 Å². The molecular formula is C16H17NO3S. The lowest BCUT2D eigenvalue weighted by Gasteiger charge is -2.04. The monoisotopic (exact) mass is 303 g/mol. The topological polar surface area (TPSA) is 59.4 Å². The van der Waals surface area contributed by atoms with Gasteiger partial charge in [0.2, 0.25) is 0 Å². The molecule has 0 aliphatic carbocycles. The molecule has 0 atom stereocenters. The highest BCUT2D eigenvalue weighted by Crippen LogP contribution is 2.13. The normalized spacial score (nSPS) is 11.1. The van der Waals surface area contributed by atoms with Crippen molar-refractivity contribution in [2.45, 2.75) is 20.0 Å². The number of carboxylic acids is 1. The predicted octanol–water partition coefficient (Wildman–Crippen LogP) is 3.31. The molecule has 5 heteroatoms. The summed E-state index contributed by atoms with van der Waals surface area (Å²) in [6.07, 6.45) is 3.58. The number of nitrogens with zero attached hydrogens (tertiary/aromatic N) is 1. The Balaban J connectivity index is 1.76. The Labute approximate surface area is 127 Å². The zero-order valence-electron chi connectivity index (χ0n) is 11.8. The maximum Gasteiger partial charge on any atom is 0.328 e. The van der Waals surface area contributed by atoms with Gasteiger partial charge in [0.25, 0.3) is 0 Å². The molecule has 0 unspecified atom stereocenters. The Morgan fingerprint density at radius 3 is 2.76 bits per heavy atom. The van der Waals surface area contributed by atoms with Crippen molar-refractivity contribution in [3.63, 3.8) is 0 Å². The van der Waals surface area contributed by atoms with Gasteiger partial charge in [0, 0.05) is 17.4 Å². The molecule has 0 aliphatic rings. The average molecular weight is 303 g/mol. The van der Waals surface area contributed by atoms with Gasteiger partial charge in [-0.15, -0.1) is 11.3 Å². The van der Waals surface area contributed by atoms with E-state index < -0.39 is 5.97 Å². The van der Waals surface area contributed by atoms with Crippen LogP contribution < -0.4 is 0 Å². The van der Waals surface area contributed by atoms with E-state index in [-0.39, 0.29) is 0 Å². The summed E-state index contributed by atoms with van der Waals surface area (Å²) in [5.74, 6) is -0.944. The molecule has 1 N–H and O–H groups in total. The number of benzene rings is 1. The lowest BCUT2D eigenvalue weighted by molar-refractivity contribution is -0.131. The van der Waals surface area contributed by atoms with Crippen LogP contribution in [0.2, 0.25) is 0 Å². The largest absolute Gasteiger partial charge is 0.478 e. The Hall–Kier alpha value is -1.98. The first-order valence-corrected chi connectivity index (χ1v) is 7.50. The van der Waals surface area contributed by atoms with E-state index in [0.717, 1.165) is 29.3 Å². The quantitative estimate of drug-likeness (QED) is 0.630. The van der Waals surface area contributed by atoms with Gasteiger partial charge in [-0.3, -0.25) is 0 Å². The number of aliphatic carboxylic acids is 1. The van der Waals surface area contributed by atoms with Crippen molar-refractivity contribution in [3.8, 4) is 0 Å². The summed E-state index contributed by atoms with van der Waals surface area (Å²) in [5, 5.41) is 8.56. The van der Waals surface area contributed by atoms with Crippen molar-refractivity contribution in [1.29, 1.82) is 0 Å². The lowest BCUT2D eigenvalue weighted by atomic mass is 10.1. The van der Waals surface area contributed by atoms with Gasteiger partial charge in [0.15, 0.2) is 0 Å². The summed E-state index contributed by atoms with van der Waals surface area (Å²) < 4.78 is 5.65. The van der Waals surface area contributed by atoms with Crippen molar-refractivity contribution >= 4 is 23.4 Å². The Bertz CT molecular complexity index is 617. The van der Waals surface area contributed by atoms with E-state index >= 15 is 0 Å². The first kappa shape index (κ1) is 15.4. The SMILES string of the molecule is Cc1ncsc1CCOCc1ccc(C=CC(=O)O)cc1. The number of aryl methyl sites for hydroxylation is 1. The second kappa shape index (κ2) is 7.71. The maximum atomic E-state index is 10.4. The fourth-order valence-corrected chi connectivity index (χ4v) is 2.58. The highest BCUT2D eigenvalue weighted by Gasteiger charge is 2.01. The zero-order chi connectivity index (χ0) is 15.1. The minimum atomic E-state index is -0.944. The number of ether oxygens (including phenoxy) is 1. The van der Waals surface area contributed by atoms with E-state index in [4.69, 9.17) is 9.84 Å². The van der Waals surface area contributed by atoms with Crippen LogP contribution in [0.3, 0.4) is 0 Å². The molecule has 2 aromatic rings. The van der Waals surface area contributed by atoms with Crippen LogP contribution in [0.25, 0.3) is 6.08 Å². The summed E-state index contributed by atoms with van der Waals surface area (Å²) >= 11 is 1.66. The van der Waals surface area contributed by atoms with E-state index in [1.165, 1.54) is 4.88 Å². The molecular weight excluding hydrogens is 286 g/mol. The first-order valence-electron chi connectivity index (χ1n) is 6.62. The van der Waals surface area contributed by atoms with Gasteiger partial charge in [0.1, 0.15) is 0 Å². The summed E-state index contributed by atoms with van der Waals surface area (Å²) in [6, 6.07) is 7.65. The molecule has 1 aromatic carbocycles.